The standard InChI is InChI=1S/C15H12ClFN2O2/c1-18-14(20)9-2-5-11(6-3-9)19-15(21)12-8-10(16)4-7-13(12)17/h2-8H,1H3,(H,18,20)(H,19,21). The summed E-state index contributed by atoms with van der Waals surface area (Å²) >= 11 is 5.74. The predicted octanol–water partition coefficient (Wildman–Crippen LogP) is 3.09. The summed E-state index contributed by atoms with van der Waals surface area (Å²) in [6.07, 6.45) is 0. The van der Waals surface area contributed by atoms with Crippen LogP contribution >= 0.6 is 11.6 Å². The highest BCUT2D eigenvalue weighted by Gasteiger charge is 2.12. The minimum absolute atomic E-state index is 0.141. The van der Waals surface area contributed by atoms with Gasteiger partial charge in [-0.25, -0.2) is 4.39 Å². The third-order valence-corrected chi connectivity index (χ3v) is 3.04. The highest BCUT2D eigenvalue weighted by Crippen LogP contribution is 2.17. The smallest absolute Gasteiger partial charge is 0.258 e. The molecular formula is C15H12ClFN2O2. The van der Waals surface area contributed by atoms with E-state index in [9.17, 15) is 14.0 Å². The van der Waals surface area contributed by atoms with E-state index in [1.54, 1.807) is 24.3 Å². The number of benzene rings is 2. The molecular weight excluding hydrogens is 295 g/mol. The first kappa shape index (κ1) is 15.0. The summed E-state index contributed by atoms with van der Waals surface area (Å²) in [5.41, 5.74) is 0.773. The van der Waals surface area contributed by atoms with E-state index < -0.39 is 11.7 Å². The molecule has 0 radical (unpaired) electrons. The van der Waals surface area contributed by atoms with Gasteiger partial charge in [-0.1, -0.05) is 11.6 Å². The van der Waals surface area contributed by atoms with Crippen molar-refractivity contribution in [2.24, 2.45) is 0 Å². The number of amides is 2. The Kier molecular flexibility index (Phi) is 4.55. The molecule has 0 aliphatic rings. The van der Waals surface area contributed by atoms with Gasteiger partial charge in [0.25, 0.3) is 11.8 Å². The molecule has 0 heterocycles. The number of hydrogen-bond donors (Lipinski definition) is 2. The van der Waals surface area contributed by atoms with Crippen LogP contribution in [0.4, 0.5) is 10.1 Å². The molecule has 0 spiro atoms. The summed E-state index contributed by atoms with van der Waals surface area (Å²) in [6.45, 7) is 0. The molecule has 2 amide bonds. The second kappa shape index (κ2) is 6.37. The Morgan fingerprint density at radius 3 is 2.33 bits per heavy atom. The average Bonchev–Trinajstić information content (AvgIpc) is 2.49. The Bertz CT molecular complexity index is 687. The van der Waals surface area contributed by atoms with E-state index in [2.05, 4.69) is 10.6 Å². The van der Waals surface area contributed by atoms with Gasteiger partial charge in [-0.2, -0.15) is 0 Å². The Morgan fingerprint density at radius 2 is 1.71 bits per heavy atom. The largest absolute Gasteiger partial charge is 0.355 e. The zero-order chi connectivity index (χ0) is 15.4. The van der Waals surface area contributed by atoms with Crippen molar-refractivity contribution >= 4 is 29.1 Å². The number of carbonyl (C=O) groups excluding carboxylic acids is 2. The van der Waals surface area contributed by atoms with E-state index in [-0.39, 0.29) is 16.5 Å². The normalized spacial score (nSPS) is 10.0. The lowest BCUT2D eigenvalue weighted by Gasteiger charge is -2.07. The van der Waals surface area contributed by atoms with Gasteiger partial charge in [-0.15, -0.1) is 0 Å². The average molecular weight is 307 g/mol. The number of hydrogen-bond acceptors (Lipinski definition) is 2. The van der Waals surface area contributed by atoms with Gasteiger partial charge < -0.3 is 10.6 Å². The molecule has 2 rings (SSSR count). The quantitative estimate of drug-likeness (QED) is 0.915. The fraction of sp³-hybridized carbons (Fsp3) is 0.0667. The number of anilines is 1. The monoisotopic (exact) mass is 306 g/mol. The molecule has 0 aromatic heterocycles. The number of nitrogens with one attached hydrogen (secondary N) is 2. The van der Waals surface area contributed by atoms with Crippen molar-refractivity contribution in [3.63, 3.8) is 0 Å². The van der Waals surface area contributed by atoms with Crippen LogP contribution in [0.5, 0.6) is 0 Å². The first-order chi connectivity index (χ1) is 10.0. The SMILES string of the molecule is CNC(=O)c1ccc(NC(=O)c2cc(Cl)ccc2F)cc1. The molecule has 0 aliphatic carbocycles. The van der Waals surface area contributed by atoms with Gasteiger partial charge in [-0.3, -0.25) is 9.59 Å². The molecule has 6 heteroatoms. The summed E-state index contributed by atoms with van der Waals surface area (Å²) in [5, 5.41) is 5.31. The van der Waals surface area contributed by atoms with Gasteiger partial charge in [0, 0.05) is 23.3 Å². The van der Waals surface area contributed by atoms with Gasteiger partial charge in [0.15, 0.2) is 0 Å². The second-order valence-electron chi connectivity index (χ2n) is 4.23. The van der Waals surface area contributed by atoms with Crippen LogP contribution in [0.25, 0.3) is 0 Å². The van der Waals surface area contributed by atoms with Crippen LogP contribution in [0, 0.1) is 5.82 Å². The highest BCUT2D eigenvalue weighted by molar-refractivity contribution is 6.31. The van der Waals surface area contributed by atoms with E-state index in [0.29, 0.717) is 11.3 Å². The zero-order valence-corrected chi connectivity index (χ0v) is 11.9. The molecule has 2 aromatic carbocycles. The topological polar surface area (TPSA) is 58.2 Å². The minimum atomic E-state index is -0.654. The van der Waals surface area contributed by atoms with Crippen LogP contribution < -0.4 is 10.6 Å². The van der Waals surface area contributed by atoms with Crippen LogP contribution in [-0.2, 0) is 0 Å². The number of halogens is 2. The third kappa shape index (κ3) is 3.58. The maximum Gasteiger partial charge on any atom is 0.258 e. The fourth-order valence-electron chi connectivity index (χ4n) is 1.72. The van der Waals surface area contributed by atoms with Gasteiger partial charge in [-0.05, 0) is 42.5 Å². The van der Waals surface area contributed by atoms with Crippen LogP contribution in [-0.4, -0.2) is 18.9 Å². The van der Waals surface area contributed by atoms with Crippen LogP contribution in [0.2, 0.25) is 5.02 Å². The van der Waals surface area contributed by atoms with Crippen molar-refractivity contribution in [1.29, 1.82) is 0 Å². The second-order valence-corrected chi connectivity index (χ2v) is 4.67. The molecule has 0 aliphatic heterocycles. The molecule has 2 aromatic rings. The van der Waals surface area contributed by atoms with Crippen LogP contribution in [0.15, 0.2) is 42.5 Å². The Labute approximate surface area is 125 Å². The Hall–Kier alpha value is -2.40. The van der Waals surface area contributed by atoms with Gasteiger partial charge in [0.1, 0.15) is 5.82 Å². The Balaban J connectivity index is 2.16. The highest BCUT2D eigenvalue weighted by atomic mass is 35.5. The summed E-state index contributed by atoms with van der Waals surface area (Å²) in [4.78, 5) is 23.4. The zero-order valence-electron chi connectivity index (χ0n) is 11.1. The van der Waals surface area contributed by atoms with Crippen LogP contribution in [0.1, 0.15) is 20.7 Å². The van der Waals surface area contributed by atoms with E-state index >= 15 is 0 Å². The van der Waals surface area contributed by atoms with Crippen molar-refractivity contribution in [2.75, 3.05) is 12.4 Å². The molecule has 0 atom stereocenters. The lowest BCUT2D eigenvalue weighted by molar-refractivity contribution is 0.0962. The van der Waals surface area contributed by atoms with Crippen molar-refractivity contribution in [3.8, 4) is 0 Å². The molecule has 0 bridgehead atoms. The molecule has 0 fully saturated rings. The molecule has 21 heavy (non-hydrogen) atoms. The first-order valence-corrected chi connectivity index (χ1v) is 6.47. The predicted molar refractivity (Wildman–Crippen MR) is 79.2 cm³/mol. The van der Waals surface area contributed by atoms with Crippen molar-refractivity contribution in [1.82, 2.24) is 5.32 Å². The number of rotatable bonds is 3. The van der Waals surface area contributed by atoms with E-state index in [0.717, 1.165) is 6.07 Å². The summed E-state index contributed by atoms with van der Waals surface area (Å²) in [7, 11) is 1.53. The minimum Gasteiger partial charge on any atom is -0.355 e. The van der Waals surface area contributed by atoms with Gasteiger partial charge >= 0.3 is 0 Å². The van der Waals surface area contributed by atoms with Gasteiger partial charge in [0.05, 0.1) is 5.56 Å². The summed E-state index contributed by atoms with van der Waals surface area (Å²) in [5.74, 6) is -1.49. The molecule has 0 saturated heterocycles. The maximum absolute atomic E-state index is 13.6. The molecule has 0 unspecified atom stereocenters. The third-order valence-electron chi connectivity index (χ3n) is 2.81. The van der Waals surface area contributed by atoms with Crippen molar-refractivity contribution < 1.29 is 14.0 Å². The summed E-state index contributed by atoms with van der Waals surface area (Å²) in [6, 6.07) is 9.99. The van der Waals surface area contributed by atoms with Crippen molar-refractivity contribution in [2.45, 2.75) is 0 Å². The molecule has 2 N–H and O–H groups in total. The molecule has 108 valence electrons. The van der Waals surface area contributed by atoms with Gasteiger partial charge in [0.2, 0.25) is 0 Å². The van der Waals surface area contributed by atoms with Crippen LogP contribution in [0.3, 0.4) is 0 Å². The first-order valence-electron chi connectivity index (χ1n) is 6.10. The van der Waals surface area contributed by atoms with Crippen molar-refractivity contribution in [3.05, 3.63) is 64.4 Å². The summed E-state index contributed by atoms with van der Waals surface area (Å²) < 4.78 is 13.6. The molecule has 4 nitrogen and oxygen atoms in total. The van der Waals surface area contributed by atoms with E-state index in [1.165, 1.54) is 19.2 Å². The van der Waals surface area contributed by atoms with E-state index in [1.807, 2.05) is 0 Å². The number of carbonyl (C=O) groups is 2. The maximum atomic E-state index is 13.6. The fourth-order valence-corrected chi connectivity index (χ4v) is 1.89. The lowest BCUT2D eigenvalue weighted by Crippen LogP contribution is -2.18. The van der Waals surface area contributed by atoms with E-state index in [4.69, 9.17) is 11.6 Å². The molecule has 0 saturated carbocycles. The lowest BCUT2D eigenvalue weighted by atomic mass is 10.1. The Morgan fingerprint density at radius 1 is 1.05 bits per heavy atom.